The summed E-state index contributed by atoms with van der Waals surface area (Å²) in [4.78, 5) is 0. The van der Waals surface area contributed by atoms with Gasteiger partial charge in [0, 0.05) is 0 Å². The van der Waals surface area contributed by atoms with E-state index in [2.05, 4.69) is 27.7 Å². The van der Waals surface area contributed by atoms with Gasteiger partial charge in [0.1, 0.15) is 0 Å². The standard InChI is InChI=1S/C20H42S.2C8H17.Sn.H/c1-3-5-7-9-11-13-15-17-19-21-20-18-16-14-12-10-8-6-4-2;2*1-3-5-7-8-6-4-2;;/h3-20H2,1-2H3;2*1,3-8H2,2H3;;/q;;;-1;/p+1. The normalized spacial score (nSPS) is 12.1. The van der Waals surface area contributed by atoms with Gasteiger partial charge in [-0.2, -0.15) is 0 Å². The average Bonchev–Trinajstić information content (AvgIpc) is 2.93. The summed E-state index contributed by atoms with van der Waals surface area (Å²) < 4.78 is 3.56. The van der Waals surface area contributed by atoms with Gasteiger partial charge in [-0.1, -0.05) is 0 Å². The molecule has 0 nitrogen and oxygen atoms in total. The molecule has 0 aromatic carbocycles. The van der Waals surface area contributed by atoms with Crippen molar-refractivity contribution in [3.8, 4) is 0 Å². The molecule has 0 aromatic heterocycles. The van der Waals surface area contributed by atoms with Crippen LogP contribution >= 0.6 is 8.08 Å². The van der Waals surface area contributed by atoms with Gasteiger partial charge in [-0.25, -0.2) is 0 Å². The third kappa shape index (κ3) is 28.7. The summed E-state index contributed by atoms with van der Waals surface area (Å²) in [6, 6.07) is 0. The first kappa shape index (κ1) is 39.1. The molecular formula is C36H78SSn. The molecule has 0 aliphatic carbocycles. The monoisotopic (exact) mass is 662 g/mol. The summed E-state index contributed by atoms with van der Waals surface area (Å²) in [5.41, 5.74) is 0. The Balaban J connectivity index is 4.68. The molecule has 0 N–H and O–H groups in total. The van der Waals surface area contributed by atoms with Crippen LogP contribution in [0.2, 0.25) is 8.87 Å². The van der Waals surface area contributed by atoms with Crippen LogP contribution in [0.4, 0.5) is 0 Å². The summed E-state index contributed by atoms with van der Waals surface area (Å²) in [5, 5.41) is 0. The van der Waals surface area contributed by atoms with E-state index in [4.69, 9.17) is 0 Å². The molecular weight excluding hydrogens is 583 g/mol. The SMILES string of the molecule is CCCCCCCCCC[SH](CCCCCCCCCC)[SnH]([CH2]CCCCCCC)[CH2]CCCCCCC. The number of unbranched alkanes of at least 4 members (excludes halogenated alkanes) is 24. The Morgan fingerprint density at radius 3 is 0.816 bits per heavy atom. The molecule has 0 amide bonds. The van der Waals surface area contributed by atoms with Gasteiger partial charge in [0.25, 0.3) is 0 Å². The van der Waals surface area contributed by atoms with E-state index in [1.165, 1.54) is 128 Å². The Bertz CT molecular complexity index is 376. The number of thiol groups is 1. The molecule has 0 spiro atoms. The fourth-order valence-electron chi connectivity index (χ4n) is 6.20. The molecule has 0 aliphatic heterocycles. The van der Waals surface area contributed by atoms with Crippen molar-refractivity contribution in [2.45, 2.75) is 216 Å². The summed E-state index contributed by atoms with van der Waals surface area (Å²) >= 11 is -1.39. The van der Waals surface area contributed by atoms with Crippen molar-refractivity contribution in [3.05, 3.63) is 0 Å². The van der Waals surface area contributed by atoms with Crippen molar-refractivity contribution < 1.29 is 0 Å². The molecule has 232 valence electrons. The molecule has 0 aromatic rings. The van der Waals surface area contributed by atoms with Crippen LogP contribution in [0.15, 0.2) is 0 Å². The van der Waals surface area contributed by atoms with Crippen LogP contribution in [0.3, 0.4) is 0 Å². The van der Waals surface area contributed by atoms with Gasteiger partial charge in [0.15, 0.2) is 0 Å². The Kier molecular flexibility index (Phi) is 35.4. The third-order valence-corrected chi connectivity index (χ3v) is 34.6. The first-order valence-electron chi connectivity index (χ1n) is 18.5. The summed E-state index contributed by atoms with van der Waals surface area (Å²) in [5.74, 6) is 3.40. The van der Waals surface area contributed by atoms with Gasteiger partial charge in [0.2, 0.25) is 0 Å². The zero-order valence-electron chi connectivity index (χ0n) is 27.7. The van der Waals surface area contributed by atoms with Crippen molar-refractivity contribution >= 4 is 26.5 Å². The molecule has 0 radical (unpaired) electrons. The molecule has 0 unspecified atom stereocenters. The second-order valence-electron chi connectivity index (χ2n) is 12.8. The van der Waals surface area contributed by atoms with Crippen molar-refractivity contribution in [2.24, 2.45) is 0 Å². The predicted molar refractivity (Wildman–Crippen MR) is 187 cm³/mol. The molecule has 0 atom stereocenters. The third-order valence-electron chi connectivity index (χ3n) is 8.90. The minimum atomic E-state index is -1.39. The van der Waals surface area contributed by atoms with Crippen LogP contribution in [0.25, 0.3) is 0 Å². The quantitative estimate of drug-likeness (QED) is 0.0404. The van der Waals surface area contributed by atoms with Crippen LogP contribution in [0.5, 0.6) is 0 Å². The Morgan fingerprint density at radius 1 is 0.289 bits per heavy atom. The van der Waals surface area contributed by atoms with Crippen molar-refractivity contribution in [3.63, 3.8) is 0 Å². The molecule has 2 heteroatoms. The van der Waals surface area contributed by atoms with E-state index in [9.17, 15) is 0 Å². The Morgan fingerprint density at radius 2 is 0.526 bits per heavy atom. The van der Waals surface area contributed by atoms with E-state index in [1.54, 1.807) is 71.7 Å². The maximum atomic E-state index is 2.36. The van der Waals surface area contributed by atoms with Crippen molar-refractivity contribution in [1.29, 1.82) is 0 Å². The Hall–Kier alpha value is 1.15. The van der Waals surface area contributed by atoms with Gasteiger partial charge < -0.3 is 0 Å². The van der Waals surface area contributed by atoms with Crippen LogP contribution in [-0.2, 0) is 0 Å². The second kappa shape index (κ2) is 34.4. The minimum absolute atomic E-state index is 0.470. The molecule has 0 bridgehead atoms. The van der Waals surface area contributed by atoms with Gasteiger partial charge >= 0.3 is 254 Å². The molecule has 38 heavy (non-hydrogen) atoms. The first-order chi connectivity index (χ1) is 18.8. The predicted octanol–water partition coefficient (Wildman–Crippen LogP) is 13.7. The van der Waals surface area contributed by atoms with E-state index in [0.717, 1.165) is 0 Å². The fourth-order valence-corrected chi connectivity index (χ4v) is 32.4. The second-order valence-corrected chi connectivity index (χ2v) is 33.0. The summed E-state index contributed by atoms with van der Waals surface area (Å²) in [7, 11) is 0.470. The topological polar surface area (TPSA) is 0 Å². The zero-order valence-corrected chi connectivity index (χ0v) is 31.8. The average molecular weight is 662 g/mol. The van der Waals surface area contributed by atoms with Crippen LogP contribution in [0, 0.1) is 0 Å². The van der Waals surface area contributed by atoms with Crippen LogP contribution in [0.1, 0.15) is 207 Å². The summed E-state index contributed by atoms with van der Waals surface area (Å²) in [6.07, 6.45) is 42.1. The maximum absolute atomic E-state index is 2.36. The van der Waals surface area contributed by atoms with Gasteiger partial charge in [0.05, 0.1) is 0 Å². The molecule has 0 fully saturated rings. The number of rotatable bonds is 33. The molecule has 0 heterocycles. The fraction of sp³-hybridized carbons (Fsp3) is 1.00. The van der Waals surface area contributed by atoms with E-state index in [-0.39, 0.29) is 0 Å². The Labute approximate surface area is 253 Å². The number of hydrogen-bond acceptors (Lipinski definition) is 0. The molecule has 0 saturated carbocycles. The molecule has 0 aliphatic rings. The van der Waals surface area contributed by atoms with E-state index in [0.29, 0.717) is 8.08 Å². The first-order valence-corrected chi connectivity index (χ1v) is 29.4. The molecule has 0 saturated heterocycles. The van der Waals surface area contributed by atoms with Gasteiger partial charge in [-0.15, -0.1) is 0 Å². The van der Waals surface area contributed by atoms with Crippen LogP contribution < -0.4 is 0 Å². The van der Waals surface area contributed by atoms with Crippen molar-refractivity contribution in [2.75, 3.05) is 11.5 Å². The van der Waals surface area contributed by atoms with E-state index in [1.807, 2.05) is 0 Å². The van der Waals surface area contributed by atoms with Gasteiger partial charge in [-0.3, -0.25) is 0 Å². The van der Waals surface area contributed by atoms with Crippen molar-refractivity contribution in [1.82, 2.24) is 0 Å². The summed E-state index contributed by atoms with van der Waals surface area (Å²) in [6.45, 7) is 9.40. The van der Waals surface area contributed by atoms with E-state index < -0.39 is 18.4 Å². The molecule has 0 rings (SSSR count). The van der Waals surface area contributed by atoms with Crippen LogP contribution in [-0.4, -0.2) is 29.9 Å². The number of hydrogen-bond donors (Lipinski definition) is 1. The van der Waals surface area contributed by atoms with Gasteiger partial charge in [-0.05, 0) is 0 Å². The van der Waals surface area contributed by atoms with E-state index >= 15 is 0 Å². The zero-order chi connectivity index (χ0) is 27.8.